The van der Waals surface area contributed by atoms with Crippen LogP contribution in [0.4, 0.5) is 0 Å². The average Bonchev–Trinajstić information content (AvgIpc) is 3.23. The van der Waals surface area contributed by atoms with Gasteiger partial charge in [-0.15, -0.1) is 0 Å². The van der Waals surface area contributed by atoms with Gasteiger partial charge in [-0.05, 0) is 30.5 Å². The highest BCUT2D eigenvalue weighted by Gasteiger charge is 2.37. The second-order valence-corrected chi connectivity index (χ2v) is 5.59. The largest absolute Gasteiger partial charge is 0.497 e. The van der Waals surface area contributed by atoms with Crippen molar-refractivity contribution in [2.45, 2.75) is 31.5 Å². The van der Waals surface area contributed by atoms with E-state index < -0.39 is 0 Å². The summed E-state index contributed by atoms with van der Waals surface area (Å²) < 4.78 is 5.17. The molecule has 2 N–H and O–H groups in total. The minimum atomic E-state index is 0.0650. The van der Waals surface area contributed by atoms with E-state index >= 15 is 0 Å². The lowest BCUT2D eigenvalue weighted by molar-refractivity contribution is -0.133. The molecule has 0 bridgehead atoms. The van der Waals surface area contributed by atoms with Gasteiger partial charge in [-0.1, -0.05) is 12.1 Å². The summed E-state index contributed by atoms with van der Waals surface area (Å²) >= 11 is 0. The molecule has 3 rings (SSSR count). The summed E-state index contributed by atoms with van der Waals surface area (Å²) in [5.74, 6) is 1.39. The number of nitrogens with zero attached hydrogens (tertiary/aromatic N) is 1. The first-order valence-corrected chi connectivity index (χ1v) is 7.10. The van der Waals surface area contributed by atoms with E-state index in [2.05, 4.69) is 23.0 Å². The average molecular weight is 275 g/mol. The fourth-order valence-corrected chi connectivity index (χ4v) is 2.62. The second kappa shape index (κ2) is 5.42. The molecule has 20 heavy (non-hydrogen) atoms. The van der Waals surface area contributed by atoms with E-state index in [-0.39, 0.29) is 24.0 Å². The van der Waals surface area contributed by atoms with E-state index in [1.807, 2.05) is 24.1 Å². The van der Waals surface area contributed by atoms with Crippen LogP contribution in [-0.4, -0.2) is 31.1 Å². The molecule has 1 amide bonds. The topological polar surface area (TPSA) is 53.6 Å². The molecule has 1 saturated heterocycles. The number of amides is 1. The first-order chi connectivity index (χ1) is 9.69. The predicted octanol–water partition coefficient (Wildman–Crippen LogP) is 1.43. The summed E-state index contributed by atoms with van der Waals surface area (Å²) in [6, 6.07) is 8.26. The van der Waals surface area contributed by atoms with Crippen molar-refractivity contribution in [1.29, 1.82) is 0 Å². The van der Waals surface area contributed by atoms with Crippen molar-refractivity contribution >= 4 is 5.91 Å². The standard InChI is InChI=1S/C15H21N3O2/c1-18(15(19)11-3-4-11)14-9-13(16-17-14)10-5-7-12(20-2)8-6-10/h5-8,11,13-14,16-17H,3-4,9H2,1-2H3. The Labute approximate surface area is 119 Å². The van der Waals surface area contributed by atoms with Crippen molar-refractivity contribution in [1.82, 2.24) is 15.8 Å². The van der Waals surface area contributed by atoms with Crippen LogP contribution in [0, 0.1) is 5.92 Å². The van der Waals surface area contributed by atoms with Gasteiger partial charge in [0.05, 0.1) is 13.3 Å². The maximum Gasteiger partial charge on any atom is 0.226 e. The molecule has 2 atom stereocenters. The minimum absolute atomic E-state index is 0.0650. The molecule has 0 spiro atoms. The number of benzene rings is 1. The van der Waals surface area contributed by atoms with Gasteiger partial charge in [-0.25, -0.2) is 10.9 Å². The summed E-state index contributed by atoms with van der Waals surface area (Å²) in [5, 5.41) is 0. The number of nitrogens with one attached hydrogen (secondary N) is 2. The summed E-state index contributed by atoms with van der Waals surface area (Å²) in [6.07, 6.45) is 3.03. The van der Waals surface area contributed by atoms with E-state index in [0.29, 0.717) is 0 Å². The first kappa shape index (κ1) is 13.4. The Morgan fingerprint density at radius 2 is 1.95 bits per heavy atom. The van der Waals surface area contributed by atoms with Gasteiger partial charge in [0, 0.05) is 25.4 Å². The third kappa shape index (κ3) is 2.64. The zero-order chi connectivity index (χ0) is 14.1. The van der Waals surface area contributed by atoms with Gasteiger partial charge in [0.15, 0.2) is 0 Å². The van der Waals surface area contributed by atoms with Crippen LogP contribution in [0.25, 0.3) is 0 Å². The molecule has 1 saturated carbocycles. The number of rotatable bonds is 4. The SMILES string of the molecule is COc1ccc(C2CC(N(C)C(=O)C3CC3)NN2)cc1. The lowest BCUT2D eigenvalue weighted by Crippen LogP contribution is -2.46. The van der Waals surface area contributed by atoms with Crippen molar-refractivity contribution < 1.29 is 9.53 Å². The Kier molecular flexibility index (Phi) is 3.63. The highest BCUT2D eigenvalue weighted by Crippen LogP contribution is 2.32. The molecule has 108 valence electrons. The van der Waals surface area contributed by atoms with Crippen molar-refractivity contribution in [2.75, 3.05) is 14.2 Å². The Morgan fingerprint density at radius 3 is 2.55 bits per heavy atom. The Hall–Kier alpha value is -1.59. The molecule has 1 aromatic rings. The van der Waals surface area contributed by atoms with Gasteiger partial charge in [0.25, 0.3) is 0 Å². The van der Waals surface area contributed by atoms with Crippen LogP contribution in [0.2, 0.25) is 0 Å². The highest BCUT2D eigenvalue weighted by molar-refractivity contribution is 5.81. The van der Waals surface area contributed by atoms with Crippen molar-refractivity contribution in [3.05, 3.63) is 29.8 Å². The molecule has 1 aliphatic heterocycles. The van der Waals surface area contributed by atoms with Crippen LogP contribution in [0.1, 0.15) is 30.9 Å². The molecular formula is C15H21N3O2. The van der Waals surface area contributed by atoms with Crippen molar-refractivity contribution in [3.8, 4) is 5.75 Å². The van der Waals surface area contributed by atoms with Gasteiger partial charge >= 0.3 is 0 Å². The van der Waals surface area contributed by atoms with Crippen molar-refractivity contribution in [3.63, 3.8) is 0 Å². The smallest absolute Gasteiger partial charge is 0.226 e. The summed E-state index contributed by atoms with van der Waals surface area (Å²) in [7, 11) is 3.55. The maximum atomic E-state index is 12.1. The van der Waals surface area contributed by atoms with Gasteiger partial charge in [0.2, 0.25) is 5.91 Å². The van der Waals surface area contributed by atoms with Gasteiger partial charge in [0.1, 0.15) is 5.75 Å². The summed E-state index contributed by atoms with van der Waals surface area (Å²) in [4.78, 5) is 13.9. The van der Waals surface area contributed by atoms with Gasteiger partial charge < -0.3 is 9.64 Å². The first-order valence-electron chi connectivity index (χ1n) is 7.10. The van der Waals surface area contributed by atoms with Crippen LogP contribution in [0.15, 0.2) is 24.3 Å². The number of hydrazine groups is 1. The molecule has 2 unspecified atom stereocenters. The number of carbonyl (C=O) groups excluding carboxylic acids is 1. The van der Waals surface area contributed by atoms with Crippen LogP contribution < -0.4 is 15.6 Å². The molecule has 1 aromatic carbocycles. The van der Waals surface area contributed by atoms with Crippen LogP contribution >= 0.6 is 0 Å². The zero-order valence-corrected chi connectivity index (χ0v) is 11.9. The molecule has 5 heteroatoms. The molecular weight excluding hydrogens is 254 g/mol. The minimum Gasteiger partial charge on any atom is -0.497 e. The number of hydrogen-bond donors (Lipinski definition) is 2. The Bertz CT molecular complexity index is 484. The predicted molar refractivity (Wildman–Crippen MR) is 75.9 cm³/mol. The summed E-state index contributed by atoms with van der Waals surface area (Å²) in [5.41, 5.74) is 7.69. The van der Waals surface area contributed by atoms with E-state index in [1.54, 1.807) is 7.11 Å². The van der Waals surface area contributed by atoms with Crippen LogP contribution in [0.5, 0.6) is 5.75 Å². The van der Waals surface area contributed by atoms with E-state index in [4.69, 9.17) is 4.74 Å². The van der Waals surface area contributed by atoms with Crippen molar-refractivity contribution in [2.24, 2.45) is 5.92 Å². The van der Waals surface area contributed by atoms with E-state index in [0.717, 1.165) is 25.0 Å². The molecule has 2 fully saturated rings. The second-order valence-electron chi connectivity index (χ2n) is 5.59. The molecule has 2 aliphatic rings. The molecule has 5 nitrogen and oxygen atoms in total. The molecule has 1 heterocycles. The fraction of sp³-hybridized carbons (Fsp3) is 0.533. The van der Waals surface area contributed by atoms with E-state index in [9.17, 15) is 4.79 Å². The molecule has 0 radical (unpaired) electrons. The van der Waals surface area contributed by atoms with E-state index in [1.165, 1.54) is 5.56 Å². The zero-order valence-electron chi connectivity index (χ0n) is 11.9. The monoisotopic (exact) mass is 275 g/mol. The van der Waals surface area contributed by atoms with Gasteiger partial charge in [-0.3, -0.25) is 4.79 Å². The normalized spacial score (nSPS) is 25.5. The Balaban J connectivity index is 1.61. The quantitative estimate of drug-likeness (QED) is 0.873. The van der Waals surface area contributed by atoms with Gasteiger partial charge in [-0.2, -0.15) is 0 Å². The summed E-state index contributed by atoms with van der Waals surface area (Å²) in [6.45, 7) is 0. The van der Waals surface area contributed by atoms with Crippen LogP contribution in [-0.2, 0) is 4.79 Å². The lowest BCUT2D eigenvalue weighted by Gasteiger charge is -2.24. The van der Waals surface area contributed by atoms with Crippen LogP contribution in [0.3, 0.4) is 0 Å². The highest BCUT2D eigenvalue weighted by atomic mass is 16.5. The molecule has 1 aliphatic carbocycles. The number of carbonyl (C=O) groups is 1. The fourth-order valence-electron chi connectivity index (χ4n) is 2.62. The number of hydrogen-bond acceptors (Lipinski definition) is 4. The number of ether oxygens (including phenoxy) is 1. The third-order valence-corrected chi connectivity index (χ3v) is 4.14. The Morgan fingerprint density at radius 1 is 1.25 bits per heavy atom. The molecule has 0 aromatic heterocycles. The maximum absolute atomic E-state index is 12.1. The third-order valence-electron chi connectivity index (χ3n) is 4.14. The lowest BCUT2D eigenvalue weighted by atomic mass is 10.0. The number of methoxy groups -OCH3 is 1.